The van der Waals surface area contributed by atoms with E-state index in [-0.39, 0.29) is 12.5 Å². The SMILES string of the molecule is Nc1cc(Cl)ccc1OCC(=O)NCc1ccccc1. The second-order valence-corrected chi connectivity index (χ2v) is 4.67. The van der Waals surface area contributed by atoms with Crippen LogP contribution in [-0.2, 0) is 11.3 Å². The van der Waals surface area contributed by atoms with E-state index in [1.165, 1.54) is 0 Å². The van der Waals surface area contributed by atoms with Gasteiger partial charge < -0.3 is 15.8 Å². The van der Waals surface area contributed by atoms with Gasteiger partial charge in [-0.25, -0.2) is 0 Å². The van der Waals surface area contributed by atoms with Crippen LogP contribution in [0.25, 0.3) is 0 Å². The molecule has 0 unspecified atom stereocenters. The van der Waals surface area contributed by atoms with Crippen LogP contribution in [-0.4, -0.2) is 12.5 Å². The second-order valence-electron chi connectivity index (χ2n) is 4.23. The fourth-order valence-electron chi connectivity index (χ4n) is 1.64. The lowest BCUT2D eigenvalue weighted by atomic mass is 10.2. The fraction of sp³-hybridized carbons (Fsp3) is 0.133. The number of anilines is 1. The molecule has 0 spiro atoms. The number of carbonyl (C=O) groups excluding carboxylic acids is 1. The van der Waals surface area contributed by atoms with Gasteiger partial charge in [0.15, 0.2) is 6.61 Å². The van der Waals surface area contributed by atoms with Crippen molar-refractivity contribution in [2.45, 2.75) is 6.54 Å². The smallest absolute Gasteiger partial charge is 0.258 e. The van der Waals surface area contributed by atoms with Crippen LogP contribution in [0.3, 0.4) is 0 Å². The first-order chi connectivity index (χ1) is 9.65. The first kappa shape index (κ1) is 14.2. The highest BCUT2D eigenvalue weighted by Crippen LogP contribution is 2.24. The summed E-state index contributed by atoms with van der Waals surface area (Å²) in [5.41, 5.74) is 7.18. The van der Waals surface area contributed by atoms with Crippen molar-refractivity contribution in [3.63, 3.8) is 0 Å². The fourth-order valence-corrected chi connectivity index (χ4v) is 1.82. The van der Waals surface area contributed by atoms with E-state index in [1.807, 2.05) is 30.3 Å². The average molecular weight is 291 g/mol. The molecule has 0 radical (unpaired) electrons. The zero-order chi connectivity index (χ0) is 14.4. The highest BCUT2D eigenvalue weighted by molar-refractivity contribution is 6.30. The number of rotatable bonds is 5. The van der Waals surface area contributed by atoms with Crippen LogP contribution in [0, 0.1) is 0 Å². The number of nitrogens with two attached hydrogens (primary N) is 1. The summed E-state index contributed by atoms with van der Waals surface area (Å²) in [6.45, 7) is 0.387. The molecule has 0 aliphatic rings. The molecule has 0 saturated carbocycles. The number of halogens is 1. The summed E-state index contributed by atoms with van der Waals surface area (Å²) in [5, 5.41) is 3.30. The molecule has 1 amide bonds. The summed E-state index contributed by atoms with van der Waals surface area (Å²) in [6, 6.07) is 14.5. The molecule has 2 aromatic carbocycles. The Morgan fingerprint density at radius 2 is 1.95 bits per heavy atom. The lowest BCUT2D eigenvalue weighted by molar-refractivity contribution is -0.123. The molecule has 2 aromatic rings. The maximum Gasteiger partial charge on any atom is 0.258 e. The minimum Gasteiger partial charge on any atom is -0.482 e. The number of hydrogen-bond donors (Lipinski definition) is 2. The summed E-state index contributed by atoms with van der Waals surface area (Å²) < 4.78 is 5.35. The molecule has 0 atom stereocenters. The number of carbonyl (C=O) groups is 1. The van der Waals surface area contributed by atoms with E-state index in [2.05, 4.69) is 5.32 Å². The maximum atomic E-state index is 11.7. The Labute approximate surface area is 122 Å². The first-order valence-electron chi connectivity index (χ1n) is 6.13. The van der Waals surface area contributed by atoms with Gasteiger partial charge in [-0.1, -0.05) is 41.9 Å². The van der Waals surface area contributed by atoms with Crippen LogP contribution in [0.5, 0.6) is 5.75 Å². The molecular weight excluding hydrogens is 276 g/mol. The van der Waals surface area contributed by atoms with Gasteiger partial charge in [0.1, 0.15) is 5.75 Å². The zero-order valence-corrected chi connectivity index (χ0v) is 11.6. The Morgan fingerprint density at radius 1 is 1.20 bits per heavy atom. The third-order valence-electron chi connectivity index (χ3n) is 2.66. The van der Waals surface area contributed by atoms with Crippen LogP contribution >= 0.6 is 11.6 Å². The third-order valence-corrected chi connectivity index (χ3v) is 2.90. The summed E-state index contributed by atoms with van der Waals surface area (Å²) in [7, 11) is 0. The number of hydrogen-bond acceptors (Lipinski definition) is 3. The van der Waals surface area contributed by atoms with Crippen LogP contribution < -0.4 is 15.8 Å². The number of nitrogens with one attached hydrogen (secondary N) is 1. The van der Waals surface area contributed by atoms with Crippen molar-refractivity contribution in [1.29, 1.82) is 0 Å². The van der Waals surface area contributed by atoms with E-state index in [0.29, 0.717) is 23.0 Å². The average Bonchev–Trinajstić information content (AvgIpc) is 2.45. The molecular formula is C15H15ClN2O2. The number of benzene rings is 2. The molecule has 3 N–H and O–H groups in total. The van der Waals surface area contributed by atoms with Crippen molar-refractivity contribution in [3.8, 4) is 5.75 Å². The number of nitrogen functional groups attached to an aromatic ring is 1. The monoisotopic (exact) mass is 290 g/mol. The van der Waals surface area contributed by atoms with Crippen molar-refractivity contribution in [3.05, 3.63) is 59.1 Å². The molecule has 0 heterocycles. The van der Waals surface area contributed by atoms with E-state index in [1.54, 1.807) is 18.2 Å². The van der Waals surface area contributed by atoms with Crippen molar-refractivity contribution < 1.29 is 9.53 Å². The van der Waals surface area contributed by atoms with Gasteiger partial charge in [0.05, 0.1) is 5.69 Å². The van der Waals surface area contributed by atoms with E-state index in [0.717, 1.165) is 5.56 Å². The topological polar surface area (TPSA) is 64.3 Å². The summed E-state index contributed by atoms with van der Waals surface area (Å²) in [4.78, 5) is 11.7. The predicted molar refractivity (Wildman–Crippen MR) is 79.6 cm³/mol. The lowest BCUT2D eigenvalue weighted by Crippen LogP contribution is -2.28. The van der Waals surface area contributed by atoms with Crippen LogP contribution in [0.15, 0.2) is 48.5 Å². The molecule has 0 bridgehead atoms. The number of ether oxygens (including phenoxy) is 1. The van der Waals surface area contributed by atoms with Gasteiger partial charge in [0.25, 0.3) is 5.91 Å². The van der Waals surface area contributed by atoms with Crippen molar-refractivity contribution in [2.75, 3.05) is 12.3 Å². The van der Waals surface area contributed by atoms with Crippen molar-refractivity contribution >= 4 is 23.2 Å². The van der Waals surface area contributed by atoms with E-state index in [4.69, 9.17) is 22.1 Å². The Morgan fingerprint density at radius 3 is 2.65 bits per heavy atom. The van der Waals surface area contributed by atoms with Gasteiger partial charge in [-0.05, 0) is 23.8 Å². The normalized spacial score (nSPS) is 10.1. The molecule has 5 heteroatoms. The second kappa shape index (κ2) is 6.82. The Hall–Kier alpha value is -2.20. The van der Waals surface area contributed by atoms with Gasteiger partial charge in [0, 0.05) is 11.6 Å². The lowest BCUT2D eigenvalue weighted by Gasteiger charge is -2.09. The molecule has 0 fully saturated rings. The van der Waals surface area contributed by atoms with Crippen LogP contribution in [0.1, 0.15) is 5.56 Å². The van der Waals surface area contributed by atoms with E-state index >= 15 is 0 Å². The Bertz CT molecular complexity index is 588. The highest BCUT2D eigenvalue weighted by Gasteiger charge is 2.05. The van der Waals surface area contributed by atoms with Crippen molar-refractivity contribution in [1.82, 2.24) is 5.32 Å². The minimum atomic E-state index is -0.205. The molecule has 104 valence electrons. The first-order valence-corrected chi connectivity index (χ1v) is 6.51. The highest BCUT2D eigenvalue weighted by atomic mass is 35.5. The molecule has 0 aromatic heterocycles. The molecule has 2 rings (SSSR count). The summed E-state index contributed by atoms with van der Waals surface area (Å²) in [5.74, 6) is 0.243. The third kappa shape index (κ3) is 4.17. The standard InChI is InChI=1S/C15H15ClN2O2/c16-12-6-7-14(13(17)8-12)20-10-15(19)18-9-11-4-2-1-3-5-11/h1-8H,9-10,17H2,(H,18,19). The van der Waals surface area contributed by atoms with Gasteiger partial charge in [-0.15, -0.1) is 0 Å². The van der Waals surface area contributed by atoms with E-state index in [9.17, 15) is 4.79 Å². The molecule has 0 aliphatic heterocycles. The van der Waals surface area contributed by atoms with Crippen molar-refractivity contribution in [2.24, 2.45) is 0 Å². The van der Waals surface area contributed by atoms with Gasteiger partial charge in [-0.3, -0.25) is 4.79 Å². The number of amides is 1. The Balaban J connectivity index is 1.80. The molecule has 4 nitrogen and oxygen atoms in total. The maximum absolute atomic E-state index is 11.7. The zero-order valence-electron chi connectivity index (χ0n) is 10.8. The van der Waals surface area contributed by atoms with Gasteiger partial charge in [0.2, 0.25) is 0 Å². The summed E-state index contributed by atoms with van der Waals surface area (Å²) in [6.07, 6.45) is 0. The molecule has 20 heavy (non-hydrogen) atoms. The summed E-state index contributed by atoms with van der Waals surface area (Å²) >= 11 is 5.78. The molecule has 0 saturated heterocycles. The van der Waals surface area contributed by atoms with Gasteiger partial charge in [-0.2, -0.15) is 0 Å². The van der Waals surface area contributed by atoms with Gasteiger partial charge >= 0.3 is 0 Å². The van der Waals surface area contributed by atoms with E-state index < -0.39 is 0 Å². The Kier molecular flexibility index (Phi) is 4.85. The quantitative estimate of drug-likeness (QED) is 0.832. The van der Waals surface area contributed by atoms with Crippen LogP contribution in [0.2, 0.25) is 5.02 Å². The minimum absolute atomic E-state index is 0.0847. The largest absolute Gasteiger partial charge is 0.482 e. The van der Waals surface area contributed by atoms with Crippen LogP contribution in [0.4, 0.5) is 5.69 Å². The molecule has 0 aliphatic carbocycles. The predicted octanol–water partition coefficient (Wildman–Crippen LogP) is 2.62.